The van der Waals surface area contributed by atoms with Crippen LogP contribution in [0.2, 0.25) is 0 Å². The predicted molar refractivity (Wildman–Crippen MR) is 72.7 cm³/mol. The highest BCUT2D eigenvalue weighted by Gasteiger charge is 2.06. The minimum Gasteiger partial charge on any atom is -0.449 e. The molecule has 0 radical (unpaired) electrons. The van der Waals surface area contributed by atoms with Crippen LogP contribution in [0.15, 0.2) is 34.9 Å². The molecule has 0 bridgehead atoms. The van der Waals surface area contributed by atoms with Crippen molar-refractivity contribution in [2.45, 2.75) is 26.2 Å². The minimum atomic E-state index is -0.265. The summed E-state index contributed by atoms with van der Waals surface area (Å²) in [5, 5.41) is 2.79. The highest BCUT2D eigenvalue weighted by Crippen LogP contribution is 2.08. The van der Waals surface area contributed by atoms with Crippen molar-refractivity contribution in [3.05, 3.63) is 53.5 Å². The first-order valence-electron chi connectivity index (χ1n) is 6.56. The number of aryl methyl sites for hydroxylation is 2. The number of hydrogen-bond donors (Lipinski definition) is 1. The van der Waals surface area contributed by atoms with Crippen molar-refractivity contribution in [3.8, 4) is 0 Å². The van der Waals surface area contributed by atoms with Crippen molar-refractivity contribution in [2.24, 2.45) is 0 Å². The Morgan fingerprint density at radius 3 is 2.85 bits per heavy atom. The number of carbonyl (C=O) groups is 1. The monoisotopic (exact) mass is 276 g/mol. The molecular weight excluding hydrogens is 259 g/mol. The fraction of sp³-hybridized carbons (Fsp3) is 0.333. The Balaban J connectivity index is 1.69. The van der Waals surface area contributed by atoms with Gasteiger partial charge in [-0.25, -0.2) is 9.37 Å². The Morgan fingerprint density at radius 1 is 1.35 bits per heavy atom. The number of nitrogens with zero attached hydrogens (tertiary/aromatic N) is 1. The molecular formula is C15H17FN2O2. The van der Waals surface area contributed by atoms with Crippen molar-refractivity contribution < 1.29 is 13.6 Å². The molecule has 5 heteroatoms. The molecule has 4 nitrogen and oxygen atoms in total. The maximum Gasteiger partial charge on any atom is 0.220 e. The molecule has 0 aliphatic carbocycles. The third-order valence-corrected chi connectivity index (χ3v) is 2.95. The van der Waals surface area contributed by atoms with E-state index < -0.39 is 0 Å². The fourth-order valence-electron chi connectivity index (χ4n) is 1.89. The molecule has 1 amide bonds. The smallest absolute Gasteiger partial charge is 0.220 e. The van der Waals surface area contributed by atoms with Crippen molar-refractivity contribution in [3.63, 3.8) is 0 Å². The van der Waals surface area contributed by atoms with E-state index in [2.05, 4.69) is 10.3 Å². The molecule has 1 N–H and O–H groups in total. The SMILES string of the molecule is Cc1nc(CCNC(=O)CCc2ccccc2F)co1. The Bertz CT molecular complexity index is 581. The van der Waals surface area contributed by atoms with E-state index >= 15 is 0 Å². The summed E-state index contributed by atoms with van der Waals surface area (Å²) in [5.41, 5.74) is 1.38. The summed E-state index contributed by atoms with van der Waals surface area (Å²) >= 11 is 0. The first-order chi connectivity index (χ1) is 9.65. The lowest BCUT2D eigenvalue weighted by molar-refractivity contribution is -0.121. The topological polar surface area (TPSA) is 55.1 Å². The highest BCUT2D eigenvalue weighted by molar-refractivity contribution is 5.76. The quantitative estimate of drug-likeness (QED) is 0.881. The average molecular weight is 276 g/mol. The molecule has 2 rings (SSSR count). The van der Waals surface area contributed by atoms with Gasteiger partial charge in [-0.1, -0.05) is 18.2 Å². The van der Waals surface area contributed by atoms with Gasteiger partial charge in [0.2, 0.25) is 5.91 Å². The third kappa shape index (κ3) is 4.19. The van der Waals surface area contributed by atoms with Crippen LogP contribution in [0, 0.1) is 12.7 Å². The van der Waals surface area contributed by atoms with Crippen LogP contribution < -0.4 is 5.32 Å². The van der Waals surface area contributed by atoms with Crippen LogP contribution in [0.1, 0.15) is 23.6 Å². The van der Waals surface area contributed by atoms with Crippen LogP contribution >= 0.6 is 0 Å². The summed E-state index contributed by atoms with van der Waals surface area (Å²) in [7, 11) is 0. The number of hydrogen-bond acceptors (Lipinski definition) is 3. The summed E-state index contributed by atoms with van der Waals surface area (Å²) in [5.74, 6) is 0.262. The van der Waals surface area contributed by atoms with E-state index in [9.17, 15) is 9.18 Å². The van der Waals surface area contributed by atoms with E-state index in [1.54, 1.807) is 31.4 Å². The molecule has 1 aromatic heterocycles. The summed E-state index contributed by atoms with van der Waals surface area (Å²) < 4.78 is 18.4. The van der Waals surface area contributed by atoms with Crippen molar-refractivity contribution >= 4 is 5.91 Å². The van der Waals surface area contributed by atoms with E-state index in [1.165, 1.54) is 6.07 Å². The van der Waals surface area contributed by atoms with E-state index in [0.29, 0.717) is 30.8 Å². The van der Waals surface area contributed by atoms with Gasteiger partial charge in [0.1, 0.15) is 12.1 Å². The van der Waals surface area contributed by atoms with Crippen LogP contribution in [-0.4, -0.2) is 17.4 Å². The molecule has 0 aliphatic rings. The van der Waals surface area contributed by atoms with Gasteiger partial charge in [0.05, 0.1) is 5.69 Å². The van der Waals surface area contributed by atoms with Gasteiger partial charge in [-0.3, -0.25) is 4.79 Å². The van der Waals surface area contributed by atoms with Gasteiger partial charge in [0.15, 0.2) is 5.89 Å². The second-order valence-electron chi connectivity index (χ2n) is 4.55. The number of oxazole rings is 1. The maximum atomic E-state index is 13.4. The van der Waals surface area contributed by atoms with Crippen LogP contribution in [-0.2, 0) is 17.6 Å². The number of amides is 1. The molecule has 0 atom stereocenters. The summed E-state index contributed by atoms with van der Waals surface area (Å²) in [6.07, 6.45) is 2.89. The molecule has 0 saturated carbocycles. The lowest BCUT2D eigenvalue weighted by atomic mass is 10.1. The van der Waals surface area contributed by atoms with E-state index in [1.807, 2.05) is 0 Å². The lowest BCUT2D eigenvalue weighted by Crippen LogP contribution is -2.26. The Labute approximate surface area is 117 Å². The number of benzene rings is 1. The number of nitrogens with one attached hydrogen (secondary N) is 1. The minimum absolute atomic E-state index is 0.0894. The van der Waals surface area contributed by atoms with E-state index in [4.69, 9.17) is 4.42 Å². The zero-order valence-electron chi connectivity index (χ0n) is 11.4. The third-order valence-electron chi connectivity index (χ3n) is 2.95. The second-order valence-corrected chi connectivity index (χ2v) is 4.55. The standard InChI is InChI=1S/C15H17FN2O2/c1-11-18-13(10-20-11)8-9-17-15(19)7-6-12-4-2-3-5-14(12)16/h2-5,10H,6-9H2,1H3,(H,17,19). The van der Waals surface area contributed by atoms with Gasteiger partial charge in [-0.2, -0.15) is 0 Å². The van der Waals surface area contributed by atoms with Crippen LogP contribution in [0.4, 0.5) is 4.39 Å². The van der Waals surface area contributed by atoms with Crippen molar-refractivity contribution in [1.82, 2.24) is 10.3 Å². The van der Waals surface area contributed by atoms with Crippen molar-refractivity contribution in [2.75, 3.05) is 6.54 Å². The predicted octanol–water partition coefficient (Wildman–Crippen LogP) is 2.41. The van der Waals surface area contributed by atoms with E-state index in [0.717, 1.165) is 5.69 Å². The lowest BCUT2D eigenvalue weighted by Gasteiger charge is -2.05. The molecule has 0 saturated heterocycles. The molecule has 1 aromatic carbocycles. The molecule has 0 unspecified atom stereocenters. The van der Waals surface area contributed by atoms with Gasteiger partial charge >= 0.3 is 0 Å². The van der Waals surface area contributed by atoms with Gasteiger partial charge in [-0.15, -0.1) is 0 Å². The summed E-state index contributed by atoms with van der Waals surface area (Å²) in [6, 6.07) is 6.50. The molecule has 0 spiro atoms. The van der Waals surface area contributed by atoms with Gasteiger partial charge in [0.25, 0.3) is 0 Å². The number of aromatic nitrogens is 1. The van der Waals surface area contributed by atoms with Crippen molar-refractivity contribution in [1.29, 1.82) is 0 Å². The summed E-state index contributed by atoms with van der Waals surface area (Å²) in [4.78, 5) is 15.8. The largest absolute Gasteiger partial charge is 0.449 e. The first-order valence-corrected chi connectivity index (χ1v) is 6.56. The van der Waals surface area contributed by atoms with Crippen LogP contribution in [0.5, 0.6) is 0 Å². The number of halogens is 1. The second kappa shape index (κ2) is 6.84. The Morgan fingerprint density at radius 2 is 2.15 bits per heavy atom. The molecule has 2 aromatic rings. The zero-order chi connectivity index (χ0) is 14.4. The molecule has 0 aliphatic heterocycles. The van der Waals surface area contributed by atoms with Gasteiger partial charge < -0.3 is 9.73 Å². The fourth-order valence-corrected chi connectivity index (χ4v) is 1.89. The summed E-state index contributed by atoms with van der Waals surface area (Å²) in [6.45, 7) is 2.28. The molecule has 106 valence electrons. The van der Waals surface area contributed by atoms with Crippen LogP contribution in [0.25, 0.3) is 0 Å². The van der Waals surface area contributed by atoms with Gasteiger partial charge in [0, 0.05) is 26.3 Å². The number of rotatable bonds is 6. The van der Waals surface area contributed by atoms with Gasteiger partial charge in [-0.05, 0) is 18.1 Å². The average Bonchev–Trinajstić information content (AvgIpc) is 2.83. The van der Waals surface area contributed by atoms with E-state index in [-0.39, 0.29) is 18.1 Å². The van der Waals surface area contributed by atoms with Crippen LogP contribution in [0.3, 0.4) is 0 Å². The first kappa shape index (κ1) is 14.2. The Hall–Kier alpha value is -2.17. The number of carbonyl (C=O) groups excluding carboxylic acids is 1. The molecule has 1 heterocycles. The highest BCUT2D eigenvalue weighted by atomic mass is 19.1. The Kier molecular flexibility index (Phi) is 4.87. The molecule has 0 fully saturated rings. The zero-order valence-corrected chi connectivity index (χ0v) is 11.4. The molecule has 20 heavy (non-hydrogen) atoms. The maximum absolute atomic E-state index is 13.4. The normalized spacial score (nSPS) is 10.5.